The summed E-state index contributed by atoms with van der Waals surface area (Å²) in [5.41, 5.74) is 7.33. The zero-order valence-electron chi connectivity index (χ0n) is 16.5. The van der Waals surface area contributed by atoms with Gasteiger partial charge in [0.1, 0.15) is 5.82 Å². The number of nitrogen functional groups attached to an aromatic ring is 1. The predicted molar refractivity (Wildman–Crippen MR) is 129 cm³/mol. The highest BCUT2D eigenvalue weighted by atomic mass is 79.9. The summed E-state index contributed by atoms with van der Waals surface area (Å²) in [6.45, 7) is 3.54. The maximum atomic E-state index is 13.0. The van der Waals surface area contributed by atoms with Crippen LogP contribution in [-0.2, 0) is 9.73 Å². The summed E-state index contributed by atoms with van der Waals surface area (Å²) in [6, 6.07) is 5.38. The molecule has 2 rings (SSSR count). The molecule has 11 heteroatoms. The second-order valence-electron chi connectivity index (χ2n) is 6.36. The Morgan fingerprint density at radius 2 is 2.03 bits per heavy atom. The van der Waals surface area contributed by atoms with Crippen LogP contribution in [-0.4, -0.2) is 39.3 Å². The van der Waals surface area contributed by atoms with Crippen molar-refractivity contribution in [3.8, 4) is 0 Å². The number of nitrogens with two attached hydrogens (primary N) is 1. The van der Waals surface area contributed by atoms with Gasteiger partial charge in [-0.3, -0.25) is 0 Å². The Balaban J connectivity index is 1.90. The summed E-state index contributed by atoms with van der Waals surface area (Å²) < 4.78 is 18.2. The number of anilines is 3. The van der Waals surface area contributed by atoms with Crippen molar-refractivity contribution >= 4 is 66.4 Å². The van der Waals surface area contributed by atoms with Crippen LogP contribution >= 0.6 is 39.5 Å². The molecule has 0 aliphatic heterocycles. The summed E-state index contributed by atoms with van der Waals surface area (Å²) >= 11 is 10.6. The molecule has 0 radical (unpaired) electrons. The number of halogens is 2. The average molecular weight is 522 g/mol. The summed E-state index contributed by atoms with van der Waals surface area (Å²) in [6.07, 6.45) is 6.09. The lowest BCUT2D eigenvalue weighted by Gasteiger charge is -2.14. The summed E-state index contributed by atoms with van der Waals surface area (Å²) in [7, 11) is -2.50. The number of aromatic nitrogens is 2. The monoisotopic (exact) mass is 520 g/mol. The summed E-state index contributed by atoms with van der Waals surface area (Å²) in [5, 5.41) is 6.80. The zero-order valence-corrected chi connectivity index (χ0v) is 20.4. The van der Waals surface area contributed by atoms with Gasteiger partial charge < -0.3 is 16.4 Å². The topological polar surface area (TPSA) is 105 Å². The molecule has 0 fully saturated rings. The van der Waals surface area contributed by atoms with E-state index in [4.69, 9.17) is 17.3 Å². The average Bonchev–Trinajstić information content (AvgIpc) is 2.67. The number of unbranched alkanes of at least 4 members (excludes halogenated alkanes) is 1. The molecule has 0 bridgehead atoms. The molecule has 0 spiro atoms. The molecule has 160 valence electrons. The van der Waals surface area contributed by atoms with Crippen molar-refractivity contribution in [2.24, 2.45) is 3.77 Å². The molecule has 2 aromatic rings. The molecule has 7 nitrogen and oxygen atoms in total. The first-order valence-electron chi connectivity index (χ1n) is 9.22. The first-order valence-corrected chi connectivity index (χ1v) is 13.3. The maximum absolute atomic E-state index is 13.0. The standard InChI is InChI=1S/C18H26BrClN6OS2/c1-3-10-28-26-29(2,27)16-7-6-13(21)11-15(16)22-8-4-5-9-23-17-14(19)12-24-18(20)25-17/h6-7,11-12,22H,3-5,8-10,21H2,1-2H3,(H,23,24,25). The van der Waals surface area contributed by atoms with E-state index in [0.29, 0.717) is 16.4 Å². The van der Waals surface area contributed by atoms with Crippen molar-refractivity contribution in [2.75, 3.05) is 41.5 Å². The van der Waals surface area contributed by atoms with Crippen molar-refractivity contribution in [1.82, 2.24) is 9.97 Å². The molecular weight excluding hydrogens is 496 g/mol. The van der Waals surface area contributed by atoms with Gasteiger partial charge in [-0.1, -0.05) is 6.92 Å². The van der Waals surface area contributed by atoms with E-state index in [2.05, 4.69) is 47.2 Å². The third-order valence-electron chi connectivity index (χ3n) is 3.83. The van der Waals surface area contributed by atoms with Gasteiger partial charge in [0.25, 0.3) is 0 Å². The van der Waals surface area contributed by atoms with E-state index in [9.17, 15) is 4.21 Å². The van der Waals surface area contributed by atoms with Crippen LogP contribution < -0.4 is 16.4 Å². The molecule has 0 aliphatic carbocycles. The first-order chi connectivity index (χ1) is 13.8. The minimum atomic E-state index is -2.50. The van der Waals surface area contributed by atoms with E-state index >= 15 is 0 Å². The molecule has 0 saturated heterocycles. The molecule has 1 unspecified atom stereocenters. The molecule has 4 N–H and O–H groups in total. The molecule has 0 amide bonds. The lowest BCUT2D eigenvalue weighted by Crippen LogP contribution is -2.10. The summed E-state index contributed by atoms with van der Waals surface area (Å²) in [4.78, 5) is 8.73. The van der Waals surface area contributed by atoms with Gasteiger partial charge in [0.05, 0.1) is 24.8 Å². The molecule has 0 aliphatic rings. The Labute approximate surface area is 190 Å². The number of nitrogens with zero attached hydrogens (tertiary/aromatic N) is 3. The highest BCUT2D eigenvalue weighted by molar-refractivity contribution is 9.10. The second-order valence-corrected chi connectivity index (χ2v) is 10.9. The van der Waals surface area contributed by atoms with E-state index in [0.717, 1.165) is 48.3 Å². The zero-order chi connectivity index (χ0) is 21.3. The number of rotatable bonds is 11. The minimum absolute atomic E-state index is 0.206. The van der Waals surface area contributed by atoms with E-state index in [1.807, 2.05) is 6.07 Å². The van der Waals surface area contributed by atoms with Gasteiger partial charge in [0, 0.05) is 37.0 Å². The van der Waals surface area contributed by atoms with Crippen LogP contribution in [0.2, 0.25) is 5.28 Å². The molecule has 1 atom stereocenters. The fourth-order valence-corrected chi connectivity index (χ4v) is 5.37. The van der Waals surface area contributed by atoms with Crippen molar-refractivity contribution in [1.29, 1.82) is 0 Å². The quantitative estimate of drug-likeness (QED) is 0.160. The van der Waals surface area contributed by atoms with Gasteiger partial charge in [0.15, 0.2) is 0 Å². The lowest BCUT2D eigenvalue weighted by atomic mass is 10.2. The third kappa shape index (κ3) is 7.84. The van der Waals surface area contributed by atoms with Gasteiger partial charge in [-0.15, -0.1) is 0 Å². The van der Waals surface area contributed by atoms with Crippen LogP contribution in [0.15, 0.2) is 37.5 Å². The highest BCUT2D eigenvalue weighted by Crippen LogP contribution is 2.27. The van der Waals surface area contributed by atoms with Gasteiger partial charge >= 0.3 is 0 Å². The van der Waals surface area contributed by atoms with Crippen molar-refractivity contribution < 1.29 is 4.21 Å². The largest absolute Gasteiger partial charge is 0.399 e. The van der Waals surface area contributed by atoms with Crippen molar-refractivity contribution in [3.05, 3.63) is 34.2 Å². The Hall–Kier alpha value is -1.23. The Bertz CT molecular complexity index is 937. The SMILES string of the molecule is CCCSN=S(C)(=O)c1ccc(N)cc1NCCCCNc1nc(Cl)ncc1Br. The van der Waals surface area contributed by atoms with E-state index in [-0.39, 0.29) is 5.28 Å². The van der Waals surface area contributed by atoms with Crippen LogP contribution in [0.25, 0.3) is 0 Å². The number of benzene rings is 1. The van der Waals surface area contributed by atoms with Crippen LogP contribution in [0.3, 0.4) is 0 Å². The number of nitrogens with one attached hydrogen (secondary N) is 2. The smallest absolute Gasteiger partial charge is 0.224 e. The third-order valence-corrected chi connectivity index (χ3v) is 7.91. The molecular formula is C18H26BrClN6OS2. The van der Waals surface area contributed by atoms with Gasteiger partial charge in [-0.05, 0) is 76.9 Å². The second kappa shape index (κ2) is 11.8. The molecule has 1 aromatic heterocycles. The van der Waals surface area contributed by atoms with E-state index in [1.165, 1.54) is 11.9 Å². The Morgan fingerprint density at radius 1 is 1.31 bits per heavy atom. The number of hydrogen-bond donors (Lipinski definition) is 3. The Kier molecular flexibility index (Phi) is 9.81. The van der Waals surface area contributed by atoms with Gasteiger partial charge in [0.2, 0.25) is 5.28 Å². The van der Waals surface area contributed by atoms with E-state index < -0.39 is 9.73 Å². The predicted octanol–water partition coefficient (Wildman–Crippen LogP) is 5.29. The van der Waals surface area contributed by atoms with Crippen LogP contribution in [0.5, 0.6) is 0 Å². The normalized spacial score (nSPS) is 13.0. The fourth-order valence-electron chi connectivity index (χ4n) is 2.43. The minimum Gasteiger partial charge on any atom is -0.399 e. The summed E-state index contributed by atoms with van der Waals surface area (Å²) in [5.74, 6) is 1.52. The van der Waals surface area contributed by atoms with Crippen molar-refractivity contribution in [2.45, 2.75) is 31.1 Å². The van der Waals surface area contributed by atoms with Gasteiger partial charge in [-0.25, -0.2) is 9.19 Å². The van der Waals surface area contributed by atoms with Crippen LogP contribution in [0.4, 0.5) is 17.2 Å². The highest BCUT2D eigenvalue weighted by Gasteiger charge is 2.12. The lowest BCUT2D eigenvalue weighted by molar-refractivity contribution is 0.681. The van der Waals surface area contributed by atoms with Gasteiger partial charge in [-0.2, -0.15) is 8.75 Å². The van der Waals surface area contributed by atoms with E-state index in [1.54, 1.807) is 24.6 Å². The molecule has 0 saturated carbocycles. The molecule has 1 aromatic carbocycles. The Morgan fingerprint density at radius 3 is 2.76 bits per heavy atom. The van der Waals surface area contributed by atoms with Crippen LogP contribution in [0.1, 0.15) is 26.2 Å². The first kappa shape index (κ1) is 24.0. The van der Waals surface area contributed by atoms with Crippen LogP contribution in [0, 0.1) is 0 Å². The fraction of sp³-hybridized carbons (Fsp3) is 0.444. The maximum Gasteiger partial charge on any atom is 0.224 e. The molecule has 29 heavy (non-hydrogen) atoms. The van der Waals surface area contributed by atoms with Crippen molar-refractivity contribution in [3.63, 3.8) is 0 Å². The molecule has 1 heterocycles. The number of hydrogen-bond acceptors (Lipinski definition) is 8.